The Balaban J connectivity index is 2.17. The Morgan fingerprint density at radius 1 is 1.21 bits per heavy atom. The number of benzene rings is 1. The van der Waals surface area contributed by atoms with Gasteiger partial charge in [-0.2, -0.15) is 5.10 Å². The Kier molecular flexibility index (Phi) is 2.72. The Bertz CT molecular complexity index is 796. The van der Waals surface area contributed by atoms with Crippen molar-refractivity contribution in [3.8, 4) is 17.0 Å². The van der Waals surface area contributed by atoms with Crippen molar-refractivity contribution < 1.29 is 4.74 Å². The Labute approximate surface area is 108 Å². The summed E-state index contributed by atoms with van der Waals surface area (Å²) in [6.07, 6.45) is 1.54. The van der Waals surface area contributed by atoms with Gasteiger partial charge in [-0.25, -0.2) is 10.1 Å². The third-order valence-electron chi connectivity index (χ3n) is 2.89. The second-order valence-corrected chi connectivity index (χ2v) is 4.06. The van der Waals surface area contributed by atoms with Crippen molar-refractivity contribution in [3.63, 3.8) is 0 Å². The van der Waals surface area contributed by atoms with Gasteiger partial charge in [-0.3, -0.25) is 4.79 Å². The number of methoxy groups -OCH3 is 1. The Hall–Kier alpha value is -2.69. The highest BCUT2D eigenvalue weighted by Crippen LogP contribution is 2.23. The molecule has 0 aliphatic carbocycles. The van der Waals surface area contributed by atoms with E-state index in [0.29, 0.717) is 10.9 Å². The van der Waals surface area contributed by atoms with Gasteiger partial charge in [0.25, 0.3) is 5.56 Å². The van der Waals surface area contributed by atoms with Gasteiger partial charge in [0.15, 0.2) is 0 Å². The number of nitrogens with zero attached hydrogens (tertiary/aromatic N) is 2. The van der Waals surface area contributed by atoms with E-state index in [9.17, 15) is 4.79 Å². The van der Waals surface area contributed by atoms with Crippen molar-refractivity contribution in [1.82, 2.24) is 15.2 Å². The molecular weight excluding hydrogens is 242 g/mol. The largest absolute Gasteiger partial charge is 0.497 e. The van der Waals surface area contributed by atoms with Crippen LogP contribution in [0.1, 0.15) is 0 Å². The molecule has 2 aromatic heterocycles. The fraction of sp³-hybridized carbons (Fsp3) is 0.0714. The van der Waals surface area contributed by atoms with Crippen molar-refractivity contribution in [3.05, 3.63) is 52.9 Å². The van der Waals surface area contributed by atoms with Crippen LogP contribution in [0.15, 0.2) is 47.4 Å². The fourth-order valence-electron chi connectivity index (χ4n) is 1.92. The number of rotatable bonds is 2. The number of hydrogen-bond acceptors (Lipinski definition) is 4. The number of pyridine rings is 1. The first-order valence-corrected chi connectivity index (χ1v) is 5.77. The highest BCUT2D eigenvalue weighted by atomic mass is 16.5. The van der Waals surface area contributed by atoms with Crippen LogP contribution in [0.4, 0.5) is 0 Å². The summed E-state index contributed by atoms with van der Waals surface area (Å²) in [5.74, 6) is 0.767. The van der Waals surface area contributed by atoms with E-state index in [1.807, 2.05) is 30.3 Å². The summed E-state index contributed by atoms with van der Waals surface area (Å²) in [4.78, 5) is 16.0. The summed E-state index contributed by atoms with van der Waals surface area (Å²) in [6, 6.07) is 11.2. The molecule has 0 aliphatic heterocycles. The van der Waals surface area contributed by atoms with Gasteiger partial charge < -0.3 is 4.74 Å². The number of aromatic nitrogens is 3. The molecule has 94 valence electrons. The van der Waals surface area contributed by atoms with Gasteiger partial charge in [0, 0.05) is 5.56 Å². The summed E-state index contributed by atoms with van der Waals surface area (Å²) in [5.41, 5.74) is 2.05. The van der Waals surface area contributed by atoms with Gasteiger partial charge in [-0.1, -0.05) is 12.1 Å². The smallest absolute Gasteiger partial charge is 0.273 e. The lowest BCUT2D eigenvalue weighted by Crippen LogP contribution is -2.08. The van der Waals surface area contributed by atoms with Crippen molar-refractivity contribution >= 4 is 10.9 Å². The number of ether oxygens (including phenoxy) is 1. The molecule has 3 aromatic rings. The van der Waals surface area contributed by atoms with Crippen LogP contribution >= 0.6 is 0 Å². The van der Waals surface area contributed by atoms with E-state index < -0.39 is 0 Å². The predicted octanol–water partition coefficient (Wildman–Crippen LogP) is 1.99. The monoisotopic (exact) mass is 253 g/mol. The van der Waals surface area contributed by atoms with E-state index in [0.717, 1.165) is 17.0 Å². The minimum absolute atomic E-state index is 0.234. The number of nitrogens with one attached hydrogen (secondary N) is 1. The van der Waals surface area contributed by atoms with E-state index in [1.54, 1.807) is 19.4 Å². The molecule has 3 rings (SSSR count). The lowest BCUT2D eigenvalue weighted by Gasteiger charge is -2.04. The molecule has 0 bridgehead atoms. The maximum absolute atomic E-state index is 11.5. The molecule has 19 heavy (non-hydrogen) atoms. The van der Waals surface area contributed by atoms with Gasteiger partial charge in [-0.15, -0.1) is 0 Å². The summed E-state index contributed by atoms with van der Waals surface area (Å²) in [6.45, 7) is 0. The molecule has 0 saturated heterocycles. The van der Waals surface area contributed by atoms with Gasteiger partial charge in [-0.05, 0) is 24.3 Å². The van der Waals surface area contributed by atoms with Crippen LogP contribution in [0.25, 0.3) is 22.2 Å². The van der Waals surface area contributed by atoms with Crippen LogP contribution in [0.5, 0.6) is 5.75 Å². The van der Waals surface area contributed by atoms with Crippen LogP contribution in [0.3, 0.4) is 0 Å². The van der Waals surface area contributed by atoms with Crippen LogP contribution in [-0.4, -0.2) is 22.3 Å². The quantitative estimate of drug-likeness (QED) is 0.758. The van der Waals surface area contributed by atoms with E-state index in [2.05, 4.69) is 15.2 Å². The molecule has 0 unspecified atom stereocenters. The van der Waals surface area contributed by atoms with Crippen molar-refractivity contribution in [1.29, 1.82) is 0 Å². The first-order chi connectivity index (χ1) is 9.28. The summed E-state index contributed by atoms with van der Waals surface area (Å²) in [7, 11) is 1.62. The number of fused-ring (bicyclic) bond motifs is 1. The van der Waals surface area contributed by atoms with Gasteiger partial charge >= 0.3 is 0 Å². The molecule has 0 radical (unpaired) electrons. The second-order valence-electron chi connectivity index (χ2n) is 4.06. The van der Waals surface area contributed by atoms with E-state index >= 15 is 0 Å². The molecule has 0 atom stereocenters. The first kappa shape index (κ1) is 11.4. The molecule has 5 heteroatoms. The van der Waals surface area contributed by atoms with Crippen LogP contribution in [-0.2, 0) is 0 Å². The Morgan fingerprint density at radius 2 is 2.11 bits per heavy atom. The lowest BCUT2D eigenvalue weighted by atomic mass is 10.1. The number of aromatic amines is 1. The molecule has 0 spiro atoms. The zero-order chi connectivity index (χ0) is 13.2. The van der Waals surface area contributed by atoms with Crippen LogP contribution < -0.4 is 10.3 Å². The Morgan fingerprint density at radius 3 is 2.95 bits per heavy atom. The third kappa shape index (κ3) is 2.06. The van der Waals surface area contributed by atoms with Crippen molar-refractivity contribution in [2.75, 3.05) is 7.11 Å². The van der Waals surface area contributed by atoms with Crippen molar-refractivity contribution in [2.24, 2.45) is 0 Å². The van der Waals surface area contributed by atoms with E-state index in [1.165, 1.54) is 0 Å². The van der Waals surface area contributed by atoms with Gasteiger partial charge in [0.1, 0.15) is 5.75 Å². The maximum atomic E-state index is 11.5. The van der Waals surface area contributed by atoms with Crippen LogP contribution in [0.2, 0.25) is 0 Å². The predicted molar refractivity (Wildman–Crippen MR) is 72.1 cm³/mol. The molecule has 5 nitrogen and oxygen atoms in total. The average molecular weight is 253 g/mol. The summed E-state index contributed by atoms with van der Waals surface area (Å²) < 4.78 is 5.19. The van der Waals surface area contributed by atoms with Gasteiger partial charge in [0.05, 0.1) is 29.9 Å². The minimum Gasteiger partial charge on any atom is -0.497 e. The maximum Gasteiger partial charge on any atom is 0.273 e. The summed E-state index contributed by atoms with van der Waals surface area (Å²) in [5, 5.41) is 6.67. The average Bonchev–Trinajstić information content (AvgIpc) is 2.47. The normalized spacial score (nSPS) is 10.6. The van der Waals surface area contributed by atoms with Crippen LogP contribution in [0, 0.1) is 0 Å². The molecule has 0 saturated carbocycles. The third-order valence-corrected chi connectivity index (χ3v) is 2.89. The number of H-pyrrole nitrogens is 1. The SMILES string of the molecule is COc1cccc(-c2ccc3c(=O)[nH]ncc3n2)c1. The highest BCUT2D eigenvalue weighted by molar-refractivity contribution is 5.79. The molecule has 0 amide bonds. The fourth-order valence-corrected chi connectivity index (χ4v) is 1.92. The van der Waals surface area contributed by atoms with E-state index in [4.69, 9.17) is 4.74 Å². The van der Waals surface area contributed by atoms with Crippen molar-refractivity contribution in [2.45, 2.75) is 0 Å². The standard InChI is InChI=1S/C14H11N3O2/c1-19-10-4-2-3-9(7-10)12-6-5-11-13(16-12)8-15-17-14(11)18/h2-8H,1H3,(H,17,18). The first-order valence-electron chi connectivity index (χ1n) is 5.77. The highest BCUT2D eigenvalue weighted by Gasteiger charge is 2.05. The number of hydrogen-bond donors (Lipinski definition) is 1. The molecular formula is C14H11N3O2. The molecule has 0 fully saturated rings. The topological polar surface area (TPSA) is 67.9 Å². The zero-order valence-electron chi connectivity index (χ0n) is 10.3. The lowest BCUT2D eigenvalue weighted by molar-refractivity contribution is 0.415. The minimum atomic E-state index is -0.234. The molecule has 1 aromatic carbocycles. The van der Waals surface area contributed by atoms with Gasteiger partial charge in [0.2, 0.25) is 0 Å². The summed E-state index contributed by atoms with van der Waals surface area (Å²) >= 11 is 0. The second kappa shape index (κ2) is 4.53. The molecule has 2 heterocycles. The molecule has 1 N–H and O–H groups in total. The zero-order valence-corrected chi connectivity index (χ0v) is 10.3. The molecule has 0 aliphatic rings. The van der Waals surface area contributed by atoms with E-state index in [-0.39, 0.29) is 5.56 Å².